The van der Waals surface area contributed by atoms with Gasteiger partial charge in [-0.25, -0.2) is 0 Å². The number of hydrogen-bond acceptors (Lipinski definition) is 2. The Morgan fingerprint density at radius 1 is 1.38 bits per heavy atom. The summed E-state index contributed by atoms with van der Waals surface area (Å²) in [6, 6.07) is 0.286. The predicted octanol–water partition coefficient (Wildman–Crippen LogP) is 1.15. The molecule has 0 aromatic carbocycles. The van der Waals surface area contributed by atoms with E-state index < -0.39 is 0 Å². The molecule has 0 heterocycles. The molecule has 0 radical (unpaired) electrons. The number of rotatable bonds is 6. The Morgan fingerprint density at radius 2 is 2.00 bits per heavy atom. The van der Waals surface area contributed by atoms with E-state index in [1.807, 2.05) is 7.05 Å². The van der Waals surface area contributed by atoms with Gasteiger partial charge >= 0.3 is 0 Å². The van der Waals surface area contributed by atoms with Crippen LogP contribution < -0.4 is 10.6 Å². The van der Waals surface area contributed by atoms with Crippen LogP contribution in [0.3, 0.4) is 0 Å². The van der Waals surface area contributed by atoms with Crippen LogP contribution in [0.15, 0.2) is 0 Å². The van der Waals surface area contributed by atoms with Crippen molar-refractivity contribution in [3.63, 3.8) is 0 Å². The van der Waals surface area contributed by atoms with Crippen molar-refractivity contribution in [1.29, 1.82) is 0 Å². The lowest BCUT2D eigenvalue weighted by molar-refractivity contribution is -0.121. The highest BCUT2D eigenvalue weighted by atomic mass is 16.1. The Kier molecular flexibility index (Phi) is 6.59. The fourth-order valence-electron chi connectivity index (χ4n) is 1.06. The Morgan fingerprint density at radius 3 is 2.46 bits per heavy atom. The fraction of sp³-hybridized carbons (Fsp3) is 0.900. The van der Waals surface area contributed by atoms with E-state index in [-0.39, 0.29) is 11.9 Å². The number of carbonyl (C=O) groups is 1. The van der Waals surface area contributed by atoms with Crippen molar-refractivity contribution in [2.45, 2.75) is 39.7 Å². The van der Waals surface area contributed by atoms with Gasteiger partial charge in [0.05, 0.1) is 0 Å². The average molecular weight is 186 g/mol. The van der Waals surface area contributed by atoms with Crippen molar-refractivity contribution in [2.75, 3.05) is 13.6 Å². The van der Waals surface area contributed by atoms with Gasteiger partial charge in [-0.3, -0.25) is 4.79 Å². The van der Waals surface area contributed by atoms with E-state index >= 15 is 0 Å². The first-order chi connectivity index (χ1) is 6.11. The van der Waals surface area contributed by atoms with Crippen molar-refractivity contribution in [2.24, 2.45) is 5.92 Å². The molecule has 0 fully saturated rings. The molecule has 0 aliphatic heterocycles. The summed E-state index contributed by atoms with van der Waals surface area (Å²) in [6.07, 6.45) is 1.67. The maximum Gasteiger partial charge on any atom is 0.221 e. The van der Waals surface area contributed by atoms with Crippen LogP contribution in [0.4, 0.5) is 0 Å². The highest BCUT2D eigenvalue weighted by molar-refractivity contribution is 5.76. The molecule has 78 valence electrons. The minimum Gasteiger partial charge on any atom is -0.353 e. The van der Waals surface area contributed by atoms with E-state index in [1.54, 1.807) is 0 Å². The SMILES string of the molecule is CCC(C)C(C)NC(=O)CCNC. The van der Waals surface area contributed by atoms with Gasteiger partial charge in [0.2, 0.25) is 5.91 Å². The summed E-state index contributed by atoms with van der Waals surface area (Å²) in [5.74, 6) is 0.695. The molecule has 13 heavy (non-hydrogen) atoms. The van der Waals surface area contributed by atoms with E-state index in [1.165, 1.54) is 0 Å². The summed E-state index contributed by atoms with van der Waals surface area (Å²) in [4.78, 5) is 11.3. The zero-order valence-electron chi connectivity index (χ0n) is 9.18. The van der Waals surface area contributed by atoms with Gasteiger partial charge in [0, 0.05) is 19.0 Å². The van der Waals surface area contributed by atoms with Gasteiger partial charge in [-0.15, -0.1) is 0 Å². The van der Waals surface area contributed by atoms with Gasteiger partial charge in [-0.2, -0.15) is 0 Å². The zero-order valence-corrected chi connectivity index (χ0v) is 9.18. The fourth-order valence-corrected chi connectivity index (χ4v) is 1.06. The molecule has 3 heteroatoms. The van der Waals surface area contributed by atoms with Crippen molar-refractivity contribution in [1.82, 2.24) is 10.6 Å². The topological polar surface area (TPSA) is 41.1 Å². The van der Waals surface area contributed by atoms with Crippen LogP contribution in [0.5, 0.6) is 0 Å². The second-order valence-corrected chi connectivity index (χ2v) is 3.60. The lowest BCUT2D eigenvalue weighted by Crippen LogP contribution is -2.37. The molecule has 2 unspecified atom stereocenters. The number of nitrogens with one attached hydrogen (secondary N) is 2. The molecule has 2 atom stereocenters. The van der Waals surface area contributed by atoms with Crippen LogP contribution in [0, 0.1) is 5.92 Å². The third-order valence-electron chi connectivity index (χ3n) is 2.49. The van der Waals surface area contributed by atoms with Crippen molar-refractivity contribution in [3.8, 4) is 0 Å². The van der Waals surface area contributed by atoms with E-state index in [4.69, 9.17) is 0 Å². The van der Waals surface area contributed by atoms with Gasteiger partial charge in [0.1, 0.15) is 0 Å². The molecule has 0 spiro atoms. The smallest absolute Gasteiger partial charge is 0.221 e. The molecule has 0 aliphatic carbocycles. The third-order valence-corrected chi connectivity index (χ3v) is 2.49. The molecule has 3 nitrogen and oxygen atoms in total. The second-order valence-electron chi connectivity index (χ2n) is 3.60. The summed E-state index contributed by atoms with van der Waals surface area (Å²) in [7, 11) is 1.85. The molecular weight excluding hydrogens is 164 g/mol. The molecule has 0 aromatic rings. The van der Waals surface area contributed by atoms with Crippen LogP contribution in [0.1, 0.15) is 33.6 Å². The summed E-state index contributed by atoms with van der Waals surface area (Å²) >= 11 is 0. The lowest BCUT2D eigenvalue weighted by Gasteiger charge is -2.19. The average Bonchev–Trinajstić information content (AvgIpc) is 2.13. The van der Waals surface area contributed by atoms with Gasteiger partial charge in [0.25, 0.3) is 0 Å². The molecule has 1 amide bonds. The first-order valence-corrected chi connectivity index (χ1v) is 5.05. The van der Waals surface area contributed by atoms with Crippen molar-refractivity contribution >= 4 is 5.91 Å². The maximum absolute atomic E-state index is 11.3. The minimum absolute atomic E-state index is 0.141. The highest BCUT2D eigenvalue weighted by Gasteiger charge is 2.11. The highest BCUT2D eigenvalue weighted by Crippen LogP contribution is 2.06. The number of amides is 1. The molecule has 0 aliphatic rings. The van der Waals surface area contributed by atoms with Crippen LogP contribution >= 0.6 is 0 Å². The molecule has 0 saturated carbocycles. The molecule has 0 bridgehead atoms. The first kappa shape index (κ1) is 12.4. The summed E-state index contributed by atoms with van der Waals surface area (Å²) in [6.45, 7) is 7.11. The Hall–Kier alpha value is -0.570. The zero-order chi connectivity index (χ0) is 10.3. The summed E-state index contributed by atoms with van der Waals surface area (Å²) in [5, 5.41) is 5.94. The van der Waals surface area contributed by atoms with Gasteiger partial charge in [-0.05, 0) is 19.9 Å². The monoisotopic (exact) mass is 186 g/mol. The van der Waals surface area contributed by atoms with Gasteiger partial charge < -0.3 is 10.6 Å². The third kappa shape index (κ3) is 5.64. The van der Waals surface area contributed by atoms with E-state index in [9.17, 15) is 4.79 Å². The van der Waals surface area contributed by atoms with Crippen LogP contribution in [-0.2, 0) is 4.79 Å². The Balaban J connectivity index is 3.64. The second kappa shape index (κ2) is 6.89. The lowest BCUT2D eigenvalue weighted by atomic mass is 10.0. The van der Waals surface area contributed by atoms with Crippen LogP contribution in [0.25, 0.3) is 0 Å². The van der Waals surface area contributed by atoms with Gasteiger partial charge in [-0.1, -0.05) is 20.3 Å². The largest absolute Gasteiger partial charge is 0.353 e. The predicted molar refractivity (Wildman–Crippen MR) is 55.6 cm³/mol. The molecular formula is C10H22N2O. The normalized spacial score (nSPS) is 15.1. The van der Waals surface area contributed by atoms with E-state index in [2.05, 4.69) is 31.4 Å². The molecule has 0 aromatic heterocycles. The Labute approximate surface area is 81.3 Å². The standard InChI is InChI=1S/C10H22N2O/c1-5-8(2)9(3)12-10(13)6-7-11-4/h8-9,11H,5-7H2,1-4H3,(H,12,13). The molecule has 2 N–H and O–H groups in total. The molecule has 0 saturated heterocycles. The van der Waals surface area contributed by atoms with E-state index in [0.717, 1.165) is 13.0 Å². The van der Waals surface area contributed by atoms with E-state index in [0.29, 0.717) is 12.3 Å². The summed E-state index contributed by atoms with van der Waals surface area (Å²) < 4.78 is 0. The number of hydrogen-bond donors (Lipinski definition) is 2. The first-order valence-electron chi connectivity index (χ1n) is 5.05. The van der Waals surface area contributed by atoms with Crippen LogP contribution in [0.2, 0.25) is 0 Å². The van der Waals surface area contributed by atoms with Gasteiger partial charge in [0.15, 0.2) is 0 Å². The quantitative estimate of drug-likeness (QED) is 0.653. The van der Waals surface area contributed by atoms with Crippen molar-refractivity contribution < 1.29 is 4.79 Å². The maximum atomic E-state index is 11.3. The van der Waals surface area contributed by atoms with Crippen LogP contribution in [-0.4, -0.2) is 25.5 Å². The number of carbonyl (C=O) groups excluding carboxylic acids is 1. The minimum atomic E-state index is 0.141. The van der Waals surface area contributed by atoms with Crippen molar-refractivity contribution in [3.05, 3.63) is 0 Å². The Bertz CT molecular complexity index is 148. The molecule has 0 rings (SSSR count). The summed E-state index contributed by atoms with van der Waals surface area (Å²) in [5.41, 5.74) is 0.